The van der Waals surface area contributed by atoms with Gasteiger partial charge < -0.3 is 10.6 Å². The third kappa shape index (κ3) is 4.42. The minimum absolute atomic E-state index is 0.185. The van der Waals surface area contributed by atoms with Crippen molar-refractivity contribution in [2.45, 2.75) is 20.4 Å². The number of nitrogens with one attached hydrogen (secondary N) is 2. The van der Waals surface area contributed by atoms with Gasteiger partial charge in [-0.05, 0) is 43.7 Å². The molecular formula is C19H18FN3O2. The molecule has 0 aliphatic rings. The molecule has 5 nitrogen and oxygen atoms in total. The fourth-order valence-electron chi connectivity index (χ4n) is 2.08. The molecule has 6 heteroatoms. The fraction of sp³-hybridized carbons (Fsp3) is 0.211. The average Bonchev–Trinajstić information content (AvgIpc) is 2.61. The molecule has 0 aliphatic heterocycles. The summed E-state index contributed by atoms with van der Waals surface area (Å²) in [7, 11) is 0. The molecule has 0 saturated heterocycles. The normalized spacial score (nSPS) is 10.6. The fourth-order valence-corrected chi connectivity index (χ4v) is 2.08. The summed E-state index contributed by atoms with van der Waals surface area (Å²) in [5.74, 6) is -1.35. The molecule has 2 N–H and O–H groups in total. The van der Waals surface area contributed by atoms with Gasteiger partial charge in [0.05, 0.1) is 11.3 Å². The van der Waals surface area contributed by atoms with Crippen molar-refractivity contribution in [3.63, 3.8) is 0 Å². The first-order valence-corrected chi connectivity index (χ1v) is 7.68. The Bertz CT molecular complexity index is 823. The van der Waals surface area contributed by atoms with Crippen molar-refractivity contribution in [2.24, 2.45) is 5.41 Å². The van der Waals surface area contributed by atoms with Crippen LogP contribution in [0, 0.1) is 22.6 Å². The Kier molecular flexibility index (Phi) is 5.50. The molecule has 25 heavy (non-hydrogen) atoms. The molecule has 0 heterocycles. The van der Waals surface area contributed by atoms with Gasteiger partial charge in [0.1, 0.15) is 17.3 Å². The lowest BCUT2D eigenvalue weighted by Gasteiger charge is -2.23. The predicted octanol–water partition coefficient (Wildman–Crippen LogP) is 2.98. The molecule has 0 fully saturated rings. The Morgan fingerprint density at radius 3 is 2.36 bits per heavy atom. The summed E-state index contributed by atoms with van der Waals surface area (Å²) < 4.78 is 12.9. The molecule has 0 radical (unpaired) electrons. The van der Waals surface area contributed by atoms with Gasteiger partial charge in [-0.15, -0.1) is 0 Å². The first-order valence-electron chi connectivity index (χ1n) is 7.68. The Labute approximate surface area is 145 Å². The second-order valence-corrected chi connectivity index (χ2v) is 6.05. The molecule has 0 unspecified atom stereocenters. The molecule has 0 atom stereocenters. The van der Waals surface area contributed by atoms with E-state index in [2.05, 4.69) is 10.6 Å². The average molecular weight is 339 g/mol. The van der Waals surface area contributed by atoms with Crippen molar-refractivity contribution in [1.82, 2.24) is 5.32 Å². The molecule has 0 aromatic heterocycles. The number of halogens is 1. The van der Waals surface area contributed by atoms with Gasteiger partial charge in [0.25, 0.3) is 0 Å². The van der Waals surface area contributed by atoms with Crippen LogP contribution in [0.25, 0.3) is 0 Å². The van der Waals surface area contributed by atoms with Gasteiger partial charge in [-0.1, -0.05) is 24.3 Å². The van der Waals surface area contributed by atoms with Gasteiger partial charge in [-0.2, -0.15) is 5.26 Å². The maximum Gasteiger partial charge on any atom is 0.239 e. The molecular weight excluding hydrogens is 321 g/mol. The van der Waals surface area contributed by atoms with Crippen LogP contribution in [0.1, 0.15) is 25.0 Å². The molecule has 2 aromatic rings. The summed E-state index contributed by atoms with van der Waals surface area (Å²) in [6, 6.07) is 14.3. The van der Waals surface area contributed by atoms with Gasteiger partial charge in [0.2, 0.25) is 11.8 Å². The van der Waals surface area contributed by atoms with Crippen molar-refractivity contribution in [3.8, 4) is 6.07 Å². The van der Waals surface area contributed by atoms with E-state index in [0.717, 1.165) is 5.56 Å². The van der Waals surface area contributed by atoms with E-state index in [1.165, 1.54) is 26.0 Å². The van der Waals surface area contributed by atoms with Crippen LogP contribution in [0.15, 0.2) is 48.5 Å². The van der Waals surface area contributed by atoms with Crippen LogP contribution in [-0.2, 0) is 16.1 Å². The molecule has 2 amide bonds. The zero-order valence-corrected chi connectivity index (χ0v) is 14.0. The largest absolute Gasteiger partial charge is 0.351 e. The van der Waals surface area contributed by atoms with Crippen molar-refractivity contribution in [1.29, 1.82) is 5.26 Å². The molecule has 0 spiro atoms. The van der Waals surface area contributed by atoms with Crippen molar-refractivity contribution in [3.05, 3.63) is 65.5 Å². The highest BCUT2D eigenvalue weighted by molar-refractivity contribution is 6.10. The number of benzene rings is 2. The number of carbonyl (C=O) groups excluding carboxylic acids is 2. The molecule has 2 rings (SSSR count). The zero-order chi connectivity index (χ0) is 18.4. The number of amides is 2. The number of rotatable bonds is 5. The lowest BCUT2D eigenvalue weighted by molar-refractivity contribution is -0.138. The summed E-state index contributed by atoms with van der Waals surface area (Å²) in [5, 5.41) is 14.3. The van der Waals surface area contributed by atoms with Gasteiger partial charge in [0.15, 0.2) is 0 Å². The summed E-state index contributed by atoms with van der Waals surface area (Å²) in [6.45, 7) is 3.18. The third-order valence-electron chi connectivity index (χ3n) is 3.80. The van der Waals surface area contributed by atoms with Crippen LogP contribution < -0.4 is 10.6 Å². The molecule has 0 bridgehead atoms. The van der Waals surface area contributed by atoms with Crippen LogP contribution in [0.3, 0.4) is 0 Å². The number of para-hydroxylation sites is 1. The molecule has 0 aliphatic carbocycles. The molecule has 0 saturated carbocycles. The Hall–Kier alpha value is -3.20. The zero-order valence-electron chi connectivity index (χ0n) is 14.0. The van der Waals surface area contributed by atoms with Gasteiger partial charge in [0, 0.05) is 6.54 Å². The van der Waals surface area contributed by atoms with Crippen molar-refractivity contribution in [2.75, 3.05) is 5.32 Å². The first-order chi connectivity index (χ1) is 11.8. The van der Waals surface area contributed by atoms with Crippen molar-refractivity contribution < 1.29 is 14.0 Å². The summed E-state index contributed by atoms with van der Waals surface area (Å²) >= 11 is 0. The van der Waals surface area contributed by atoms with E-state index < -0.39 is 17.2 Å². The van der Waals surface area contributed by atoms with E-state index >= 15 is 0 Å². The van der Waals surface area contributed by atoms with Crippen LogP contribution in [-0.4, -0.2) is 11.8 Å². The standard InChI is InChI=1S/C19H18FN3O2/c1-19(2,17(24)22-12-13-7-9-15(20)10-8-13)18(25)23-16-6-4-3-5-14(16)11-21/h3-10H,12H2,1-2H3,(H,22,24)(H,23,25). The SMILES string of the molecule is CC(C)(C(=O)NCc1ccc(F)cc1)C(=O)Nc1ccccc1C#N. The number of hydrogen-bond acceptors (Lipinski definition) is 3. The monoisotopic (exact) mass is 339 g/mol. The van der Waals surface area contributed by atoms with Crippen molar-refractivity contribution >= 4 is 17.5 Å². The van der Waals surface area contributed by atoms with Crippen LogP contribution in [0.4, 0.5) is 10.1 Å². The van der Waals surface area contributed by atoms with E-state index in [9.17, 15) is 14.0 Å². The lowest BCUT2D eigenvalue weighted by Crippen LogP contribution is -2.45. The van der Waals surface area contributed by atoms with Gasteiger partial charge in [-0.25, -0.2) is 4.39 Å². The molecule has 2 aromatic carbocycles. The minimum Gasteiger partial charge on any atom is -0.351 e. The lowest BCUT2D eigenvalue weighted by atomic mass is 9.90. The smallest absolute Gasteiger partial charge is 0.239 e. The summed E-state index contributed by atoms with van der Waals surface area (Å²) in [6.07, 6.45) is 0. The van der Waals surface area contributed by atoms with Crippen LogP contribution in [0.5, 0.6) is 0 Å². The van der Waals surface area contributed by atoms with E-state index in [1.54, 1.807) is 36.4 Å². The van der Waals surface area contributed by atoms with E-state index in [-0.39, 0.29) is 12.4 Å². The highest BCUT2D eigenvalue weighted by Crippen LogP contribution is 2.21. The van der Waals surface area contributed by atoms with Crippen LogP contribution >= 0.6 is 0 Å². The number of nitrogens with zero attached hydrogens (tertiary/aromatic N) is 1. The topological polar surface area (TPSA) is 82.0 Å². The summed E-state index contributed by atoms with van der Waals surface area (Å²) in [4.78, 5) is 24.8. The molecule has 128 valence electrons. The summed E-state index contributed by atoms with van der Waals surface area (Å²) in [5.41, 5.74) is 0.0522. The predicted molar refractivity (Wildman–Crippen MR) is 91.8 cm³/mol. The van der Waals surface area contributed by atoms with E-state index in [1.807, 2.05) is 6.07 Å². The number of anilines is 1. The second-order valence-electron chi connectivity index (χ2n) is 6.05. The maximum absolute atomic E-state index is 12.9. The number of carbonyl (C=O) groups is 2. The van der Waals surface area contributed by atoms with E-state index in [0.29, 0.717) is 11.3 Å². The first kappa shape index (κ1) is 18.1. The third-order valence-corrected chi connectivity index (χ3v) is 3.80. The Balaban J connectivity index is 2.03. The van der Waals surface area contributed by atoms with Gasteiger partial charge >= 0.3 is 0 Å². The second kappa shape index (κ2) is 7.58. The van der Waals surface area contributed by atoms with E-state index in [4.69, 9.17) is 5.26 Å². The number of nitriles is 1. The number of hydrogen-bond donors (Lipinski definition) is 2. The highest BCUT2D eigenvalue weighted by Gasteiger charge is 2.36. The quantitative estimate of drug-likeness (QED) is 0.822. The maximum atomic E-state index is 12.9. The van der Waals surface area contributed by atoms with Crippen LogP contribution in [0.2, 0.25) is 0 Å². The Morgan fingerprint density at radius 2 is 1.72 bits per heavy atom. The Morgan fingerprint density at radius 1 is 1.08 bits per heavy atom. The minimum atomic E-state index is -1.34. The van der Waals surface area contributed by atoms with Gasteiger partial charge in [-0.3, -0.25) is 9.59 Å². The highest BCUT2D eigenvalue weighted by atomic mass is 19.1.